The van der Waals surface area contributed by atoms with E-state index < -0.39 is 16.1 Å². The van der Waals surface area contributed by atoms with Crippen molar-refractivity contribution in [2.45, 2.75) is 51.1 Å². The summed E-state index contributed by atoms with van der Waals surface area (Å²) < 4.78 is 28.2. The van der Waals surface area contributed by atoms with Gasteiger partial charge < -0.3 is 14.7 Å². The maximum Gasteiger partial charge on any atom is 0.242 e. The van der Waals surface area contributed by atoms with E-state index in [1.165, 1.54) is 41.6 Å². The van der Waals surface area contributed by atoms with E-state index in [1.807, 2.05) is 4.90 Å². The topological polar surface area (TPSA) is 90.0 Å². The monoisotopic (exact) mass is 554 g/mol. The Labute approximate surface area is 222 Å². The third-order valence-corrected chi connectivity index (χ3v) is 10.4. The molecule has 4 fully saturated rings. The molecule has 0 radical (unpaired) electrons. The third-order valence-electron chi connectivity index (χ3n) is 8.11. The maximum absolute atomic E-state index is 13.3. The van der Waals surface area contributed by atoms with Gasteiger partial charge >= 0.3 is 0 Å². The highest BCUT2D eigenvalue weighted by Gasteiger charge is 2.54. The lowest BCUT2D eigenvalue weighted by Gasteiger charge is -2.37. The highest BCUT2D eigenvalue weighted by molar-refractivity contribution is 7.92. The van der Waals surface area contributed by atoms with Gasteiger partial charge in [0.25, 0.3) is 0 Å². The van der Waals surface area contributed by atoms with Crippen molar-refractivity contribution in [3.8, 4) is 0 Å². The molecule has 1 saturated carbocycles. The normalized spacial score (nSPS) is 29.8. The van der Waals surface area contributed by atoms with Gasteiger partial charge in [-0.25, -0.2) is 8.42 Å². The number of hydrogen-bond donors (Lipinski definition) is 1. The number of nitrogens with zero attached hydrogens (tertiary/aromatic N) is 3. The predicted molar refractivity (Wildman–Crippen MR) is 142 cm³/mol. The second-order valence-electron chi connectivity index (χ2n) is 10.8. The van der Waals surface area contributed by atoms with Crippen molar-refractivity contribution in [3.63, 3.8) is 0 Å². The number of halogens is 1. The van der Waals surface area contributed by atoms with Crippen molar-refractivity contribution in [2.75, 3.05) is 39.3 Å². The molecule has 4 unspecified atom stereocenters. The molecule has 5 rings (SSSR count). The summed E-state index contributed by atoms with van der Waals surface area (Å²) in [4.78, 5) is 33.2. The molecule has 1 aromatic rings. The van der Waals surface area contributed by atoms with E-state index in [0.717, 1.165) is 37.5 Å². The molecule has 198 valence electrons. The molecule has 3 saturated heterocycles. The molecule has 2 amide bonds. The number of carbonyl (C=O) groups is 2. The Morgan fingerprint density at radius 1 is 1.22 bits per heavy atom. The van der Waals surface area contributed by atoms with Crippen LogP contribution in [-0.4, -0.2) is 86.3 Å². The van der Waals surface area contributed by atoms with Gasteiger partial charge in [-0.05, 0) is 81.2 Å². The Kier molecular flexibility index (Phi) is 7.79. The first-order valence-corrected chi connectivity index (χ1v) is 15.7. The van der Waals surface area contributed by atoms with Crippen LogP contribution >= 0.6 is 22.9 Å². The van der Waals surface area contributed by atoms with Crippen LogP contribution in [0.4, 0.5) is 0 Å². The first-order chi connectivity index (χ1) is 17.2. The van der Waals surface area contributed by atoms with Gasteiger partial charge in [-0.15, -0.1) is 11.3 Å². The second-order valence-corrected chi connectivity index (χ2v) is 14.2. The lowest BCUT2D eigenvalue weighted by Crippen LogP contribution is -2.55. The molecule has 3 aliphatic heterocycles. The fourth-order valence-corrected chi connectivity index (χ4v) is 7.94. The van der Waals surface area contributed by atoms with Gasteiger partial charge in [0.05, 0.1) is 10.9 Å². The van der Waals surface area contributed by atoms with Gasteiger partial charge in [0.1, 0.15) is 6.04 Å². The Hall–Kier alpha value is -1.46. The van der Waals surface area contributed by atoms with Gasteiger partial charge in [-0.1, -0.05) is 18.5 Å². The first kappa shape index (κ1) is 26.2. The average molecular weight is 555 g/mol. The van der Waals surface area contributed by atoms with Crippen LogP contribution in [0.25, 0.3) is 6.08 Å². The largest absolute Gasteiger partial charge is 0.336 e. The molecule has 4 atom stereocenters. The number of thiophene rings is 1. The molecule has 0 spiro atoms. The Balaban J connectivity index is 1.17. The van der Waals surface area contributed by atoms with E-state index >= 15 is 0 Å². The number of sulfonamides is 1. The molecule has 36 heavy (non-hydrogen) atoms. The van der Waals surface area contributed by atoms with Crippen molar-refractivity contribution in [1.82, 2.24) is 19.4 Å². The summed E-state index contributed by atoms with van der Waals surface area (Å²) in [5.74, 6) is 1.64. The summed E-state index contributed by atoms with van der Waals surface area (Å²) >= 11 is 7.17. The molecule has 1 aliphatic carbocycles. The highest BCUT2D eigenvalue weighted by atomic mass is 35.5. The zero-order valence-electron chi connectivity index (χ0n) is 20.6. The number of carbonyl (C=O) groups excluding carboxylic acids is 2. The van der Waals surface area contributed by atoms with E-state index in [0.29, 0.717) is 40.4 Å². The molecule has 8 nitrogen and oxygen atoms in total. The number of hydrogen-bond acceptors (Lipinski definition) is 6. The van der Waals surface area contributed by atoms with E-state index in [-0.39, 0.29) is 24.4 Å². The van der Waals surface area contributed by atoms with Crippen LogP contribution in [0.1, 0.15) is 43.9 Å². The van der Waals surface area contributed by atoms with E-state index in [9.17, 15) is 18.0 Å². The zero-order chi connectivity index (χ0) is 25.4. The van der Waals surface area contributed by atoms with Crippen molar-refractivity contribution in [2.24, 2.45) is 17.8 Å². The molecule has 4 aliphatic rings. The minimum Gasteiger partial charge on any atom is -0.336 e. The standard InChI is InChI=1S/C25H35ClN4O4S2/c1-17-6-10-28(11-7-17)15-22-20-13-18(20)14-30(22)24(31)16-29-9-2-3-21(25(29)32)27-36(33,34)12-8-19-4-5-23(26)35-19/h4-5,8,12,17-18,20-22,27H,2-3,6-7,9-11,13-16H2,1H3/b12-8+. The lowest BCUT2D eigenvalue weighted by molar-refractivity contribution is -0.144. The quantitative estimate of drug-likeness (QED) is 0.534. The summed E-state index contributed by atoms with van der Waals surface area (Å²) in [5, 5.41) is 1.06. The van der Waals surface area contributed by atoms with Gasteiger partial charge in [0.15, 0.2) is 0 Å². The Bertz CT molecular complexity index is 1120. The zero-order valence-corrected chi connectivity index (χ0v) is 23.0. The van der Waals surface area contributed by atoms with Crippen molar-refractivity contribution in [3.05, 3.63) is 26.8 Å². The number of rotatable bonds is 8. The fourth-order valence-electron chi connectivity index (χ4n) is 5.87. The van der Waals surface area contributed by atoms with Crippen LogP contribution in [0.3, 0.4) is 0 Å². The third kappa shape index (κ3) is 6.15. The molecule has 1 aromatic heterocycles. The molecule has 1 N–H and O–H groups in total. The van der Waals surface area contributed by atoms with Crippen LogP contribution in [0.5, 0.6) is 0 Å². The summed E-state index contributed by atoms with van der Waals surface area (Å²) in [6.07, 6.45) is 6.17. The predicted octanol–water partition coefficient (Wildman–Crippen LogP) is 2.86. The lowest BCUT2D eigenvalue weighted by atomic mass is 9.98. The van der Waals surface area contributed by atoms with Gasteiger partial charge in [0, 0.05) is 36.0 Å². The number of nitrogens with one attached hydrogen (secondary N) is 1. The molecule has 0 aromatic carbocycles. The molecule has 0 bridgehead atoms. The second kappa shape index (κ2) is 10.7. The number of fused-ring (bicyclic) bond motifs is 1. The van der Waals surface area contributed by atoms with Gasteiger partial charge in [-0.3, -0.25) is 9.59 Å². The SMILES string of the molecule is CC1CCN(CC2C3CC3CN2C(=O)CN2CCCC(NS(=O)(=O)/C=C/c3ccc(Cl)s3)C2=O)CC1. The van der Waals surface area contributed by atoms with Gasteiger partial charge in [0.2, 0.25) is 21.8 Å². The summed E-state index contributed by atoms with van der Waals surface area (Å²) in [6.45, 7) is 6.70. The summed E-state index contributed by atoms with van der Waals surface area (Å²) in [6, 6.07) is 2.82. The first-order valence-electron chi connectivity index (χ1n) is 12.9. The Morgan fingerprint density at radius 3 is 2.72 bits per heavy atom. The minimum atomic E-state index is -3.82. The van der Waals surface area contributed by atoms with Gasteiger partial charge in [-0.2, -0.15) is 4.72 Å². The molecular formula is C25H35ClN4O4S2. The summed E-state index contributed by atoms with van der Waals surface area (Å²) in [7, 11) is -3.82. The fraction of sp³-hybridized carbons (Fsp3) is 0.680. The smallest absolute Gasteiger partial charge is 0.242 e. The molecule has 4 heterocycles. The highest BCUT2D eigenvalue weighted by Crippen LogP contribution is 2.49. The maximum atomic E-state index is 13.3. The van der Waals surface area contributed by atoms with Crippen LogP contribution in [0, 0.1) is 17.8 Å². The average Bonchev–Trinajstić information content (AvgIpc) is 3.34. The Morgan fingerprint density at radius 2 is 2.00 bits per heavy atom. The van der Waals surface area contributed by atoms with E-state index in [2.05, 4.69) is 16.5 Å². The minimum absolute atomic E-state index is 0.0103. The van der Waals surface area contributed by atoms with Crippen LogP contribution in [-0.2, 0) is 19.6 Å². The van der Waals surface area contributed by atoms with Crippen molar-refractivity contribution < 1.29 is 18.0 Å². The summed E-state index contributed by atoms with van der Waals surface area (Å²) in [5.41, 5.74) is 0. The number of piperidine rings is 3. The molecular weight excluding hydrogens is 520 g/mol. The van der Waals surface area contributed by atoms with Crippen LogP contribution < -0.4 is 4.72 Å². The van der Waals surface area contributed by atoms with Crippen molar-refractivity contribution in [1.29, 1.82) is 0 Å². The molecule has 11 heteroatoms. The number of amides is 2. The van der Waals surface area contributed by atoms with Crippen LogP contribution in [0.2, 0.25) is 4.34 Å². The van der Waals surface area contributed by atoms with Crippen LogP contribution in [0.15, 0.2) is 17.5 Å². The van der Waals surface area contributed by atoms with Crippen molar-refractivity contribution >= 4 is 50.9 Å². The van der Waals surface area contributed by atoms with E-state index in [4.69, 9.17) is 11.6 Å². The number of likely N-dealkylation sites (tertiary alicyclic amines) is 3. The van der Waals surface area contributed by atoms with E-state index in [1.54, 1.807) is 12.1 Å².